The van der Waals surface area contributed by atoms with Crippen LogP contribution in [0, 0.1) is 0 Å². The van der Waals surface area contributed by atoms with Crippen molar-refractivity contribution in [3.8, 4) is 0 Å². The molecule has 1 aliphatic rings. The average molecular weight is 190 g/mol. The minimum absolute atomic E-state index is 0.900. The number of fused-ring (bicyclic) bond motifs is 1. The summed E-state index contributed by atoms with van der Waals surface area (Å²) in [4.78, 5) is 0. The first-order chi connectivity index (χ1) is 6.40. The number of hydrogen-bond donors (Lipinski definition) is 0. The molecule has 0 spiro atoms. The molecule has 1 aromatic carbocycles. The van der Waals surface area contributed by atoms with Gasteiger partial charge in [-0.25, -0.2) is 0 Å². The summed E-state index contributed by atoms with van der Waals surface area (Å²) in [5.41, 5.74) is 2.48. The fraction of sp³-hybridized carbons (Fsp3) is 0.200. The molecule has 1 aliphatic heterocycles. The maximum Gasteiger partial charge on any atom is 0.1000 e. The van der Waals surface area contributed by atoms with Gasteiger partial charge in [0.05, 0.1) is 11.3 Å². The van der Waals surface area contributed by atoms with E-state index >= 15 is 0 Å². The van der Waals surface area contributed by atoms with E-state index in [0.717, 1.165) is 11.5 Å². The summed E-state index contributed by atoms with van der Waals surface area (Å²) >= 11 is 1.66. The first-order valence-corrected chi connectivity index (χ1v) is 5.34. The van der Waals surface area contributed by atoms with Crippen LogP contribution in [0.25, 0.3) is 0 Å². The minimum Gasteiger partial charge on any atom is -0.158 e. The van der Waals surface area contributed by atoms with E-state index in [4.69, 9.17) is 0 Å². The third-order valence-electron chi connectivity index (χ3n) is 2.00. The fourth-order valence-corrected chi connectivity index (χ4v) is 1.72. The van der Waals surface area contributed by atoms with Crippen molar-refractivity contribution in [1.82, 2.24) is 0 Å². The Labute approximate surface area is 81.8 Å². The van der Waals surface area contributed by atoms with Gasteiger partial charge in [-0.05, 0) is 17.4 Å². The van der Waals surface area contributed by atoms with Crippen molar-refractivity contribution in [3.63, 3.8) is 0 Å². The van der Waals surface area contributed by atoms with Crippen LogP contribution in [-0.2, 0) is 6.42 Å². The highest BCUT2D eigenvalue weighted by Crippen LogP contribution is 2.14. The van der Waals surface area contributed by atoms with Gasteiger partial charge in [0.15, 0.2) is 0 Å². The first-order valence-electron chi connectivity index (χ1n) is 4.12. The lowest BCUT2D eigenvalue weighted by molar-refractivity contribution is 1.25. The Bertz CT molecular complexity index is 369. The molecule has 0 N–H and O–H groups in total. The maximum atomic E-state index is 4.11. The summed E-state index contributed by atoms with van der Waals surface area (Å²) in [5.74, 6) is 0. The van der Waals surface area contributed by atoms with Crippen LogP contribution in [0.2, 0.25) is 0 Å². The number of thioether (sulfide) groups is 1. The molecule has 0 saturated heterocycles. The van der Waals surface area contributed by atoms with E-state index in [2.05, 4.69) is 28.4 Å². The van der Waals surface area contributed by atoms with Crippen LogP contribution in [0.3, 0.4) is 0 Å². The lowest BCUT2D eigenvalue weighted by Crippen LogP contribution is -1.98. The van der Waals surface area contributed by atoms with Crippen molar-refractivity contribution in [2.45, 2.75) is 6.42 Å². The van der Waals surface area contributed by atoms with E-state index in [1.807, 2.05) is 18.5 Å². The summed E-state index contributed by atoms with van der Waals surface area (Å²) in [6.07, 6.45) is 4.75. The molecule has 0 saturated carbocycles. The molecule has 1 aromatic rings. The lowest BCUT2D eigenvalue weighted by Gasteiger charge is -2.01. The molecule has 1 heterocycles. The van der Waals surface area contributed by atoms with Gasteiger partial charge in [0.1, 0.15) is 0 Å². The number of hydrogen-bond acceptors (Lipinski definition) is 3. The number of rotatable bonds is 0. The quantitative estimate of drug-likeness (QED) is 0.616. The maximum absolute atomic E-state index is 4.11. The second-order valence-corrected chi connectivity index (χ2v) is 3.70. The zero-order valence-electron chi connectivity index (χ0n) is 7.40. The Hall–Kier alpha value is -1.09. The molecule has 3 heteroatoms. The predicted molar refractivity (Wildman–Crippen MR) is 58.7 cm³/mol. The Morgan fingerprint density at radius 3 is 3.00 bits per heavy atom. The largest absolute Gasteiger partial charge is 0.158 e. The van der Waals surface area contributed by atoms with Gasteiger partial charge in [-0.15, -0.1) is 16.9 Å². The smallest absolute Gasteiger partial charge is 0.1000 e. The van der Waals surface area contributed by atoms with E-state index in [-0.39, 0.29) is 0 Å². The summed E-state index contributed by atoms with van der Waals surface area (Å²) in [6, 6.07) is 8.26. The molecule has 0 fully saturated rings. The molecule has 0 aromatic heterocycles. The van der Waals surface area contributed by atoms with Gasteiger partial charge < -0.3 is 0 Å². The van der Waals surface area contributed by atoms with Crippen molar-refractivity contribution in [1.29, 1.82) is 0 Å². The van der Waals surface area contributed by atoms with Crippen LogP contribution < -0.4 is 0 Å². The van der Waals surface area contributed by atoms with Crippen molar-refractivity contribution in [3.05, 3.63) is 35.4 Å². The van der Waals surface area contributed by atoms with Gasteiger partial charge >= 0.3 is 0 Å². The molecule has 13 heavy (non-hydrogen) atoms. The van der Waals surface area contributed by atoms with Gasteiger partial charge in [-0.1, -0.05) is 24.3 Å². The summed E-state index contributed by atoms with van der Waals surface area (Å²) < 4.78 is 0. The standard InChI is InChI=1S/C10H10N2S/c1-13-10-6-8-4-2-3-5-9(8)7-11-12-10/h2-5,7H,6H2,1H3. The molecule has 0 aliphatic carbocycles. The molecule has 0 bridgehead atoms. The topological polar surface area (TPSA) is 24.7 Å². The van der Waals surface area contributed by atoms with E-state index in [9.17, 15) is 0 Å². The predicted octanol–water partition coefficient (Wildman–Crippen LogP) is 2.34. The van der Waals surface area contributed by atoms with Crippen molar-refractivity contribution in [2.75, 3.05) is 6.26 Å². The normalized spacial score (nSPS) is 14.7. The van der Waals surface area contributed by atoms with Crippen LogP contribution in [0.4, 0.5) is 0 Å². The molecule has 2 nitrogen and oxygen atoms in total. The van der Waals surface area contributed by atoms with E-state index in [0.29, 0.717) is 0 Å². The van der Waals surface area contributed by atoms with Gasteiger partial charge in [-0.3, -0.25) is 0 Å². The van der Waals surface area contributed by atoms with Crippen LogP contribution in [0.5, 0.6) is 0 Å². The van der Waals surface area contributed by atoms with Gasteiger partial charge in [0.25, 0.3) is 0 Å². The van der Waals surface area contributed by atoms with E-state index in [1.165, 1.54) is 11.1 Å². The molecule has 0 unspecified atom stereocenters. The summed E-state index contributed by atoms with van der Waals surface area (Å²) in [6.45, 7) is 0. The molecule has 0 atom stereocenters. The summed E-state index contributed by atoms with van der Waals surface area (Å²) in [5, 5.41) is 9.18. The number of nitrogens with zero attached hydrogens (tertiary/aromatic N) is 2. The van der Waals surface area contributed by atoms with Crippen LogP contribution >= 0.6 is 11.8 Å². The van der Waals surface area contributed by atoms with Crippen molar-refractivity contribution >= 4 is 23.0 Å². The Kier molecular flexibility index (Phi) is 2.45. The summed E-state index contributed by atoms with van der Waals surface area (Å²) in [7, 11) is 0. The monoisotopic (exact) mass is 190 g/mol. The van der Waals surface area contributed by atoms with Crippen LogP contribution in [-0.4, -0.2) is 17.5 Å². The minimum atomic E-state index is 0.900. The van der Waals surface area contributed by atoms with Crippen LogP contribution in [0.1, 0.15) is 11.1 Å². The van der Waals surface area contributed by atoms with E-state index < -0.39 is 0 Å². The average Bonchev–Trinajstić information content (AvgIpc) is 2.38. The molecular formula is C10H10N2S. The lowest BCUT2D eigenvalue weighted by atomic mass is 10.1. The second kappa shape index (κ2) is 3.75. The third-order valence-corrected chi connectivity index (χ3v) is 2.70. The van der Waals surface area contributed by atoms with Crippen LogP contribution in [0.15, 0.2) is 34.5 Å². The van der Waals surface area contributed by atoms with E-state index in [1.54, 1.807) is 11.8 Å². The zero-order chi connectivity index (χ0) is 9.10. The first kappa shape index (κ1) is 8.51. The van der Waals surface area contributed by atoms with Gasteiger partial charge in [-0.2, -0.15) is 5.10 Å². The third kappa shape index (κ3) is 1.80. The number of benzene rings is 1. The van der Waals surface area contributed by atoms with Crippen molar-refractivity contribution in [2.24, 2.45) is 10.2 Å². The molecular weight excluding hydrogens is 180 g/mol. The Balaban J connectivity index is 2.40. The Morgan fingerprint density at radius 2 is 2.15 bits per heavy atom. The molecule has 0 amide bonds. The molecule has 2 rings (SSSR count). The molecule has 66 valence electrons. The highest BCUT2D eigenvalue weighted by molar-refractivity contribution is 8.13. The fourth-order valence-electron chi connectivity index (χ4n) is 1.29. The Morgan fingerprint density at radius 1 is 1.31 bits per heavy atom. The van der Waals surface area contributed by atoms with Gasteiger partial charge in [0, 0.05) is 6.42 Å². The highest BCUT2D eigenvalue weighted by atomic mass is 32.2. The molecule has 0 radical (unpaired) electrons. The highest BCUT2D eigenvalue weighted by Gasteiger charge is 2.06. The second-order valence-electron chi connectivity index (χ2n) is 2.82. The van der Waals surface area contributed by atoms with Gasteiger partial charge in [0.2, 0.25) is 0 Å². The SMILES string of the molecule is CSC1=NN=Cc2ccccc2C1. The van der Waals surface area contributed by atoms with Crippen molar-refractivity contribution < 1.29 is 0 Å². The zero-order valence-corrected chi connectivity index (χ0v) is 8.21.